The van der Waals surface area contributed by atoms with Gasteiger partial charge >= 0.3 is 5.91 Å². The summed E-state index contributed by atoms with van der Waals surface area (Å²) in [6.07, 6.45) is 4.23. The van der Waals surface area contributed by atoms with Crippen LogP contribution in [0.4, 0.5) is 5.69 Å². The Hall–Kier alpha value is -3.52. The van der Waals surface area contributed by atoms with E-state index in [1.54, 1.807) is 23.1 Å². The summed E-state index contributed by atoms with van der Waals surface area (Å²) >= 11 is 0. The summed E-state index contributed by atoms with van der Waals surface area (Å²) in [6, 6.07) is 4.89. The Balaban J connectivity index is 1.77. The van der Waals surface area contributed by atoms with Crippen LogP contribution in [0, 0.1) is 18.0 Å². The van der Waals surface area contributed by atoms with Crippen LogP contribution in [0.15, 0.2) is 28.8 Å². The summed E-state index contributed by atoms with van der Waals surface area (Å²) < 4.78 is 10.9. The van der Waals surface area contributed by atoms with Gasteiger partial charge in [-0.05, 0) is 25.5 Å². The molecule has 8 nitrogen and oxygen atoms in total. The fourth-order valence-electron chi connectivity index (χ4n) is 2.98. The number of hydrogen-bond acceptors (Lipinski definition) is 6. The van der Waals surface area contributed by atoms with Gasteiger partial charge in [0.2, 0.25) is 0 Å². The van der Waals surface area contributed by atoms with Gasteiger partial charge in [-0.15, -0.1) is 0 Å². The molecule has 0 radical (unpaired) electrons. The van der Waals surface area contributed by atoms with Crippen molar-refractivity contribution in [2.45, 2.75) is 25.4 Å². The predicted octanol–water partition coefficient (Wildman–Crippen LogP) is 2.57. The van der Waals surface area contributed by atoms with Gasteiger partial charge in [-0.2, -0.15) is 5.26 Å². The molecule has 2 aromatic rings. The Labute approximate surface area is 150 Å². The number of aromatic nitrogens is 1. The van der Waals surface area contributed by atoms with E-state index in [9.17, 15) is 4.79 Å². The number of oxazole rings is 1. The van der Waals surface area contributed by atoms with Crippen molar-refractivity contribution < 1.29 is 13.9 Å². The molecule has 0 unspecified atom stereocenters. The molecule has 132 valence electrons. The third-order valence-electron chi connectivity index (χ3n) is 4.32. The molecule has 1 N–H and O–H groups in total. The summed E-state index contributed by atoms with van der Waals surface area (Å²) in [6.45, 7) is 9.53. The van der Waals surface area contributed by atoms with Gasteiger partial charge in [-0.25, -0.2) is 9.83 Å². The zero-order chi connectivity index (χ0) is 18.7. The van der Waals surface area contributed by atoms with Crippen LogP contribution in [0.25, 0.3) is 16.2 Å². The molecule has 1 aliphatic heterocycles. The van der Waals surface area contributed by atoms with E-state index in [0.717, 1.165) is 0 Å². The molecule has 0 spiro atoms. The van der Waals surface area contributed by atoms with E-state index >= 15 is 0 Å². The Morgan fingerprint density at radius 1 is 1.58 bits per heavy atom. The average Bonchev–Trinajstić information content (AvgIpc) is 3.27. The van der Waals surface area contributed by atoms with Gasteiger partial charge in [0, 0.05) is 18.6 Å². The molecule has 1 aliphatic rings. The van der Waals surface area contributed by atoms with Crippen molar-refractivity contribution in [1.82, 2.24) is 15.2 Å². The maximum absolute atomic E-state index is 12.4. The minimum absolute atomic E-state index is 0.0710. The minimum Gasteiger partial charge on any atom is -0.496 e. The van der Waals surface area contributed by atoms with E-state index in [-0.39, 0.29) is 18.0 Å². The molecular formula is C18H17N5O3. The van der Waals surface area contributed by atoms with Crippen LogP contribution in [-0.2, 0) is 0 Å². The zero-order valence-electron chi connectivity index (χ0n) is 14.4. The van der Waals surface area contributed by atoms with Gasteiger partial charge in [-0.3, -0.25) is 4.79 Å². The standard InChI is InChI=1S/C18H17N5O3/c1-11-6-13(9-23(11)10-19)22-17(24)18-21-8-16(26-18)14-7-12(20-2)4-5-15(14)25-3/h4-5,7-8,11,13H,6,9H2,1,3H3,(H,22,24)/t11-,13-/m1/s1. The number of carbonyl (C=O) groups excluding carboxylic acids is 1. The van der Waals surface area contributed by atoms with Crippen LogP contribution in [0.2, 0.25) is 0 Å². The van der Waals surface area contributed by atoms with Crippen molar-refractivity contribution >= 4 is 11.6 Å². The van der Waals surface area contributed by atoms with Crippen LogP contribution in [0.1, 0.15) is 24.0 Å². The van der Waals surface area contributed by atoms with E-state index < -0.39 is 5.91 Å². The van der Waals surface area contributed by atoms with Gasteiger partial charge < -0.3 is 19.4 Å². The number of rotatable bonds is 4. The number of benzene rings is 1. The third kappa shape index (κ3) is 3.31. The molecule has 0 bridgehead atoms. The molecule has 1 amide bonds. The summed E-state index contributed by atoms with van der Waals surface area (Å²) in [7, 11) is 1.52. The second kappa shape index (κ2) is 7.16. The first-order valence-electron chi connectivity index (χ1n) is 8.04. The SMILES string of the molecule is [C-]#[N+]c1ccc(OC)c(-c2cnc(C(=O)N[C@@H]3C[C@@H](C)N(C#N)C3)o2)c1. The number of nitriles is 1. The number of likely N-dealkylation sites (tertiary alicyclic amines) is 1. The fraction of sp³-hybridized carbons (Fsp3) is 0.333. The average molecular weight is 351 g/mol. The second-order valence-corrected chi connectivity index (χ2v) is 6.03. The Bertz CT molecular complexity index is 908. The molecule has 8 heteroatoms. The first-order valence-corrected chi connectivity index (χ1v) is 8.04. The number of hydrogen-bond donors (Lipinski definition) is 1. The highest BCUT2D eigenvalue weighted by Gasteiger charge is 2.30. The van der Waals surface area contributed by atoms with E-state index in [4.69, 9.17) is 21.0 Å². The molecule has 26 heavy (non-hydrogen) atoms. The van der Waals surface area contributed by atoms with E-state index in [1.807, 2.05) is 6.92 Å². The van der Waals surface area contributed by atoms with Crippen molar-refractivity contribution in [3.8, 4) is 23.3 Å². The molecule has 1 aromatic heterocycles. The molecule has 1 saturated heterocycles. The monoisotopic (exact) mass is 351 g/mol. The van der Waals surface area contributed by atoms with Crippen LogP contribution in [0.3, 0.4) is 0 Å². The molecule has 0 saturated carbocycles. The van der Waals surface area contributed by atoms with Crippen LogP contribution >= 0.6 is 0 Å². The number of carbonyl (C=O) groups is 1. The van der Waals surface area contributed by atoms with Gasteiger partial charge in [0.1, 0.15) is 5.75 Å². The largest absolute Gasteiger partial charge is 0.496 e. The molecule has 2 atom stereocenters. The van der Waals surface area contributed by atoms with Crippen molar-refractivity contribution in [3.05, 3.63) is 41.7 Å². The molecule has 0 aliphatic carbocycles. The first-order chi connectivity index (χ1) is 12.5. The first kappa shape index (κ1) is 17.3. The Morgan fingerprint density at radius 3 is 3.04 bits per heavy atom. The second-order valence-electron chi connectivity index (χ2n) is 6.03. The number of methoxy groups -OCH3 is 1. The van der Waals surface area contributed by atoms with E-state index in [0.29, 0.717) is 35.7 Å². The number of nitrogens with zero attached hydrogens (tertiary/aromatic N) is 4. The number of amides is 1. The highest BCUT2D eigenvalue weighted by Crippen LogP contribution is 2.34. The molecule has 2 heterocycles. The lowest BCUT2D eigenvalue weighted by atomic mass is 10.1. The minimum atomic E-state index is -0.437. The van der Waals surface area contributed by atoms with E-state index in [2.05, 4.69) is 21.3 Å². The van der Waals surface area contributed by atoms with Gasteiger partial charge in [0.05, 0.1) is 25.4 Å². The molecule has 1 fully saturated rings. The van der Waals surface area contributed by atoms with Gasteiger partial charge in [0.25, 0.3) is 5.89 Å². The van der Waals surface area contributed by atoms with Crippen molar-refractivity contribution in [3.63, 3.8) is 0 Å². The molecule has 3 rings (SSSR count). The Morgan fingerprint density at radius 2 is 2.38 bits per heavy atom. The summed E-state index contributed by atoms with van der Waals surface area (Å²) in [4.78, 5) is 21.4. The van der Waals surface area contributed by atoms with Crippen molar-refractivity contribution in [2.24, 2.45) is 0 Å². The maximum atomic E-state index is 12.4. The lowest BCUT2D eigenvalue weighted by Crippen LogP contribution is -2.36. The maximum Gasteiger partial charge on any atom is 0.307 e. The smallest absolute Gasteiger partial charge is 0.307 e. The van der Waals surface area contributed by atoms with Gasteiger partial charge in [0.15, 0.2) is 17.6 Å². The molecular weight excluding hydrogens is 334 g/mol. The third-order valence-corrected chi connectivity index (χ3v) is 4.32. The summed E-state index contributed by atoms with van der Waals surface area (Å²) in [5.74, 6) is 0.359. The van der Waals surface area contributed by atoms with Gasteiger partial charge in [-0.1, -0.05) is 6.07 Å². The summed E-state index contributed by atoms with van der Waals surface area (Å²) in [5.41, 5.74) is 0.984. The van der Waals surface area contributed by atoms with Crippen molar-refractivity contribution in [1.29, 1.82) is 5.26 Å². The van der Waals surface area contributed by atoms with Crippen molar-refractivity contribution in [2.75, 3.05) is 13.7 Å². The highest BCUT2D eigenvalue weighted by atomic mass is 16.5. The quantitative estimate of drug-likeness (QED) is 0.672. The zero-order valence-corrected chi connectivity index (χ0v) is 14.4. The lowest BCUT2D eigenvalue weighted by Gasteiger charge is -2.11. The van der Waals surface area contributed by atoms with Crippen LogP contribution in [0.5, 0.6) is 5.75 Å². The highest BCUT2D eigenvalue weighted by molar-refractivity contribution is 5.90. The number of ether oxygens (including phenoxy) is 1. The predicted molar refractivity (Wildman–Crippen MR) is 92.4 cm³/mol. The Kier molecular flexibility index (Phi) is 4.76. The fourth-order valence-corrected chi connectivity index (χ4v) is 2.98. The molecule has 1 aromatic carbocycles. The van der Waals surface area contributed by atoms with Crippen LogP contribution in [-0.4, -0.2) is 41.5 Å². The number of nitrogens with one attached hydrogen (secondary N) is 1. The topological polar surface area (TPSA) is 95.8 Å². The van der Waals surface area contributed by atoms with E-state index in [1.165, 1.54) is 13.3 Å². The summed E-state index contributed by atoms with van der Waals surface area (Å²) in [5, 5.41) is 11.9. The normalized spacial score (nSPS) is 18.8. The lowest BCUT2D eigenvalue weighted by molar-refractivity contribution is 0.0904. The van der Waals surface area contributed by atoms with Crippen LogP contribution < -0.4 is 10.1 Å².